The van der Waals surface area contributed by atoms with E-state index in [1.54, 1.807) is 20.8 Å². The van der Waals surface area contributed by atoms with Gasteiger partial charge in [-0.3, -0.25) is 9.69 Å². The lowest BCUT2D eigenvalue weighted by Gasteiger charge is -2.35. The van der Waals surface area contributed by atoms with Crippen LogP contribution >= 0.6 is 0 Å². The molecule has 2 amide bonds. The van der Waals surface area contributed by atoms with Crippen LogP contribution in [0, 0.1) is 28.9 Å². The van der Waals surface area contributed by atoms with Gasteiger partial charge in [-0.15, -0.1) is 0 Å². The molecule has 39 heavy (non-hydrogen) atoms. The Morgan fingerprint density at radius 2 is 1.79 bits per heavy atom. The Morgan fingerprint density at radius 3 is 2.38 bits per heavy atom. The summed E-state index contributed by atoms with van der Waals surface area (Å²) in [7, 11) is -3.44. The van der Waals surface area contributed by atoms with Crippen LogP contribution in [-0.2, 0) is 25.8 Å². The number of ether oxygens (including phenoxy) is 1. The number of amides is 2. The Balaban J connectivity index is 1.49. The molecule has 2 aromatic rings. The molecule has 2 fully saturated rings. The molecule has 2 aliphatic rings. The molecule has 1 saturated carbocycles. The van der Waals surface area contributed by atoms with E-state index in [-0.39, 0.29) is 40.0 Å². The van der Waals surface area contributed by atoms with Crippen LogP contribution in [0.25, 0.3) is 11.1 Å². The number of likely N-dealkylation sites (tertiary alicyclic amines) is 1. The average Bonchev–Trinajstić information content (AvgIpc) is 3.47. The van der Waals surface area contributed by atoms with Crippen molar-refractivity contribution in [3.8, 4) is 17.2 Å². The molecule has 2 bridgehead atoms. The number of hydrogen-bond donors (Lipinski definition) is 1. The summed E-state index contributed by atoms with van der Waals surface area (Å²) in [4.78, 5) is 27.6. The number of carbonyl (C=O) groups excluding carboxylic acids is 2. The molecule has 1 heterocycles. The van der Waals surface area contributed by atoms with Crippen LogP contribution in [-0.4, -0.2) is 55.3 Å². The first-order chi connectivity index (χ1) is 18.2. The van der Waals surface area contributed by atoms with Gasteiger partial charge < -0.3 is 10.1 Å². The van der Waals surface area contributed by atoms with Gasteiger partial charge in [-0.1, -0.05) is 24.3 Å². The van der Waals surface area contributed by atoms with E-state index < -0.39 is 51.2 Å². The molecule has 1 N–H and O–H groups in total. The third kappa shape index (κ3) is 6.06. The van der Waals surface area contributed by atoms with Gasteiger partial charge in [-0.05, 0) is 69.2 Å². The monoisotopic (exact) mass is 559 g/mol. The maximum atomic E-state index is 15.0. The summed E-state index contributed by atoms with van der Waals surface area (Å²) in [5.41, 5.74) is -0.621. The lowest BCUT2D eigenvalue weighted by molar-refractivity contribution is -0.128. The number of hydrogen-bond acceptors (Lipinski definition) is 6. The molecule has 2 aromatic carbocycles. The highest BCUT2D eigenvalue weighted by Crippen LogP contribution is 2.43. The summed E-state index contributed by atoms with van der Waals surface area (Å²) in [5.74, 6) is -2.90. The number of benzene rings is 2. The predicted octanol–water partition coefficient (Wildman–Crippen LogP) is 4.37. The smallest absolute Gasteiger partial charge is 0.411 e. The van der Waals surface area contributed by atoms with E-state index in [0.717, 1.165) is 19.1 Å². The zero-order chi connectivity index (χ0) is 28.7. The number of sulfone groups is 1. The van der Waals surface area contributed by atoms with E-state index in [1.165, 1.54) is 41.3 Å². The standard InChI is InChI=1S/C28H31F2N3O5S/c1-28(2,3)38-27(35)33-20-9-5-18(14-20)25(33)26(34)32-19(15-31)13-17-8-12-22(24(30)23(17)29)16-6-10-21(11-7-16)39(4,36)37/h6-8,10-12,18-20,25H,5,9,13-14H2,1-4H3,(H,32,34). The third-order valence-corrected chi connectivity index (χ3v) is 8.24. The van der Waals surface area contributed by atoms with Crippen LogP contribution in [0.5, 0.6) is 0 Å². The molecule has 8 nitrogen and oxygen atoms in total. The van der Waals surface area contributed by atoms with Crippen molar-refractivity contribution in [2.45, 2.75) is 75.1 Å². The minimum atomic E-state index is -3.44. The molecule has 0 spiro atoms. The molecular formula is C28H31F2N3O5S. The summed E-state index contributed by atoms with van der Waals surface area (Å²) in [6, 6.07) is 7.93. The van der Waals surface area contributed by atoms with Crippen LogP contribution < -0.4 is 5.32 Å². The summed E-state index contributed by atoms with van der Waals surface area (Å²) in [6.07, 6.45) is 2.38. The van der Waals surface area contributed by atoms with Gasteiger partial charge in [0.2, 0.25) is 5.91 Å². The van der Waals surface area contributed by atoms with E-state index in [4.69, 9.17) is 4.74 Å². The highest BCUT2D eigenvalue weighted by atomic mass is 32.2. The average molecular weight is 560 g/mol. The van der Waals surface area contributed by atoms with Gasteiger partial charge in [0.05, 0.1) is 11.0 Å². The van der Waals surface area contributed by atoms with E-state index in [1.807, 2.05) is 6.07 Å². The van der Waals surface area contributed by atoms with Crippen LogP contribution in [0.2, 0.25) is 0 Å². The van der Waals surface area contributed by atoms with Crippen LogP contribution in [0.15, 0.2) is 41.3 Å². The van der Waals surface area contributed by atoms with E-state index in [2.05, 4.69) is 5.32 Å². The second kappa shape index (κ2) is 10.6. The van der Waals surface area contributed by atoms with Gasteiger partial charge in [-0.25, -0.2) is 22.0 Å². The zero-order valence-electron chi connectivity index (χ0n) is 22.2. The van der Waals surface area contributed by atoms with Crippen LogP contribution in [0.3, 0.4) is 0 Å². The summed E-state index contributed by atoms with van der Waals surface area (Å²) >= 11 is 0. The zero-order valence-corrected chi connectivity index (χ0v) is 23.0. The molecule has 11 heteroatoms. The number of nitrogens with zero attached hydrogens (tertiary/aromatic N) is 2. The molecular weight excluding hydrogens is 528 g/mol. The molecule has 4 rings (SSSR count). The van der Waals surface area contributed by atoms with E-state index >= 15 is 8.78 Å². The molecule has 0 aromatic heterocycles. The van der Waals surface area contributed by atoms with Crippen molar-refractivity contribution in [3.63, 3.8) is 0 Å². The highest BCUT2D eigenvalue weighted by molar-refractivity contribution is 7.90. The van der Waals surface area contributed by atoms with Crippen molar-refractivity contribution in [3.05, 3.63) is 53.6 Å². The van der Waals surface area contributed by atoms with Crippen LogP contribution in [0.1, 0.15) is 45.6 Å². The molecule has 4 atom stereocenters. The number of halogens is 2. The minimum absolute atomic E-state index is 0.0528. The number of rotatable bonds is 6. The van der Waals surface area contributed by atoms with Crippen molar-refractivity contribution in [1.29, 1.82) is 5.26 Å². The van der Waals surface area contributed by atoms with Crippen LogP contribution in [0.4, 0.5) is 13.6 Å². The maximum absolute atomic E-state index is 15.0. The van der Waals surface area contributed by atoms with Crippen molar-refractivity contribution in [1.82, 2.24) is 10.2 Å². The number of piperidine rings is 1. The predicted molar refractivity (Wildman–Crippen MR) is 139 cm³/mol. The SMILES string of the molecule is CC(C)(C)OC(=O)N1C2CCC(C2)C1C(=O)NC(C#N)Cc1ccc(-c2ccc(S(C)(=O)=O)cc2)c(F)c1F. The summed E-state index contributed by atoms with van der Waals surface area (Å²) in [6.45, 7) is 5.22. The molecule has 1 aliphatic heterocycles. The second-order valence-corrected chi connectivity index (χ2v) is 13.2. The first-order valence-corrected chi connectivity index (χ1v) is 14.6. The minimum Gasteiger partial charge on any atom is -0.444 e. The lowest BCUT2D eigenvalue weighted by atomic mass is 9.96. The molecule has 4 unspecified atom stereocenters. The summed E-state index contributed by atoms with van der Waals surface area (Å²) in [5, 5.41) is 12.3. The Hall–Kier alpha value is -3.52. The van der Waals surface area contributed by atoms with Crippen molar-refractivity contribution >= 4 is 21.8 Å². The Morgan fingerprint density at radius 1 is 1.13 bits per heavy atom. The van der Waals surface area contributed by atoms with Crippen molar-refractivity contribution in [2.75, 3.05) is 6.26 Å². The van der Waals surface area contributed by atoms with Crippen molar-refractivity contribution in [2.24, 2.45) is 5.92 Å². The van der Waals surface area contributed by atoms with Gasteiger partial charge in [0, 0.05) is 24.3 Å². The fourth-order valence-electron chi connectivity index (χ4n) is 5.36. The van der Waals surface area contributed by atoms with Gasteiger partial charge in [-0.2, -0.15) is 5.26 Å². The van der Waals surface area contributed by atoms with Gasteiger partial charge >= 0.3 is 6.09 Å². The largest absolute Gasteiger partial charge is 0.444 e. The first kappa shape index (κ1) is 28.5. The normalized spacial score (nSPS) is 21.4. The Bertz CT molecular complexity index is 1430. The number of carbonyl (C=O) groups is 2. The molecule has 208 valence electrons. The number of nitriles is 1. The third-order valence-electron chi connectivity index (χ3n) is 7.11. The summed E-state index contributed by atoms with van der Waals surface area (Å²) < 4.78 is 58.9. The lowest BCUT2D eigenvalue weighted by Crippen LogP contribution is -2.55. The number of fused-ring (bicyclic) bond motifs is 2. The van der Waals surface area contributed by atoms with Gasteiger partial charge in [0.25, 0.3) is 0 Å². The Kier molecular flexibility index (Phi) is 7.72. The van der Waals surface area contributed by atoms with Crippen molar-refractivity contribution < 1.29 is 31.5 Å². The molecule has 1 aliphatic carbocycles. The fourth-order valence-corrected chi connectivity index (χ4v) is 5.99. The quantitative estimate of drug-likeness (QED) is 0.562. The number of nitrogens with one attached hydrogen (secondary N) is 1. The van der Waals surface area contributed by atoms with E-state index in [0.29, 0.717) is 6.42 Å². The van der Waals surface area contributed by atoms with Gasteiger partial charge in [0.15, 0.2) is 21.5 Å². The molecule has 1 saturated heterocycles. The topological polar surface area (TPSA) is 117 Å². The molecule has 0 radical (unpaired) electrons. The first-order valence-electron chi connectivity index (χ1n) is 12.7. The second-order valence-electron chi connectivity index (χ2n) is 11.2. The fraction of sp³-hybridized carbons (Fsp3) is 0.464. The highest BCUT2D eigenvalue weighted by Gasteiger charge is 2.52. The van der Waals surface area contributed by atoms with Gasteiger partial charge in [0.1, 0.15) is 17.7 Å². The maximum Gasteiger partial charge on any atom is 0.411 e. The Labute approximate surface area is 226 Å². The van der Waals surface area contributed by atoms with E-state index in [9.17, 15) is 23.3 Å².